The molecule has 0 aliphatic heterocycles. The molecular formula is C16H19NO. The first-order chi connectivity index (χ1) is 8.72. The van der Waals surface area contributed by atoms with Gasteiger partial charge in [-0.1, -0.05) is 60.2 Å². The van der Waals surface area contributed by atoms with Gasteiger partial charge in [-0.2, -0.15) is 0 Å². The summed E-state index contributed by atoms with van der Waals surface area (Å²) < 4.78 is 0. The van der Waals surface area contributed by atoms with Crippen molar-refractivity contribution in [3.8, 4) is 0 Å². The van der Waals surface area contributed by atoms with E-state index in [1.807, 2.05) is 30.3 Å². The van der Waals surface area contributed by atoms with Crippen molar-refractivity contribution in [3.05, 3.63) is 71.3 Å². The van der Waals surface area contributed by atoms with Gasteiger partial charge in [0.25, 0.3) is 0 Å². The van der Waals surface area contributed by atoms with Crippen molar-refractivity contribution in [1.29, 1.82) is 0 Å². The molecule has 0 amide bonds. The Hall–Kier alpha value is -1.64. The molecule has 0 aromatic heterocycles. The van der Waals surface area contributed by atoms with E-state index < -0.39 is 6.10 Å². The van der Waals surface area contributed by atoms with Crippen LogP contribution in [0.1, 0.15) is 22.6 Å². The molecule has 2 heteroatoms. The largest absolute Gasteiger partial charge is 0.391 e. The van der Waals surface area contributed by atoms with Gasteiger partial charge in [0.15, 0.2) is 0 Å². The maximum absolute atomic E-state index is 10.2. The summed E-state index contributed by atoms with van der Waals surface area (Å²) in [7, 11) is 0. The van der Waals surface area contributed by atoms with Gasteiger partial charge in [0.1, 0.15) is 0 Å². The van der Waals surface area contributed by atoms with Gasteiger partial charge >= 0.3 is 0 Å². The molecule has 18 heavy (non-hydrogen) atoms. The number of nitrogens with two attached hydrogens (primary N) is 1. The Morgan fingerprint density at radius 3 is 2.06 bits per heavy atom. The Labute approximate surface area is 108 Å². The monoisotopic (exact) mass is 241 g/mol. The van der Waals surface area contributed by atoms with E-state index in [1.54, 1.807) is 0 Å². The molecule has 2 nitrogen and oxygen atoms in total. The Balaban J connectivity index is 2.40. The van der Waals surface area contributed by atoms with Gasteiger partial charge in [0.2, 0.25) is 0 Å². The maximum atomic E-state index is 10.2. The van der Waals surface area contributed by atoms with Crippen LogP contribution in [0.4, 0.5) is 0 Å². The summed E-state index contributed by atoms with van der Waals surface area (Å²) in [5, 5.41) is 10.2. The van der Waals surface area contributed by atoms with E-state index in [1.165, 1.54) is 5.56 Å². The highest BCUT2D eigenvalue weighted by molar-refractivity contribution is 5.35. The quantitative estimate of drug-likeness (QED) is 0.863. The third-order valence-corrected chi connectivity index (χ3v) is 3.22. The number of benzene rings is 2. The third-order valence-electron chi connectivity index (χ3n) is 3.22. The molecule has 2 aromatic carbocycles. The zero-order chi connectivity index (χ0) is 13.0. The summed E-state index contributed by atoms with van der Waals surface area (Å²) >= 11 is 0. The van der Waals surface area contributed by atoms with E-state index in [0.29, 0.717) is 0 Å². The second kappa shape index (κ2) is 5.80. The van der Waals surface area contributed by atoms with Crippen molar-refractivity contribution in [2.75, 3.05) is 6.54 Å². The van der Waals surface area contributed by atoms with Crippen molar-refractivity contribution in [1.82, 2.24) is 0 Å². The summed E-state index contributed by atoms with van der Waals surface area (Å²) in [6, 6.07) is 18.3. The Morgan fingerprint density at radius 2 is 1.50 bits per heavy atom. The maximum Gasteiger partial charge on any atom is 0.0771 e. The summed E-state index contributed by atoms with van der Waals surface area (Å²) in [6.45, 7) is 2.31. The number of hydrogen-bond acceptors (Lipinski definition) is 2. The lowest BCUT2D eigenvalue weighted by atomic mass is 9.86. The Bertz CT molecular complexity index is 478. The van der Waals surface area contributed by atoms with E-state index in [4.69, 9.17) is 5.73 Å². The molecule has 0 unspecified atom stereocenters. The van der Waals surface area contributed by atoms with E-state index in [-0.39, 0.29) is 12.5 Å². The van der Waals surface area contributed by atoms with Crippen LogP contribution in [0.3, 0.4) is 0 Å². The molecule has 0 aliphatic rings. The highest BCUT2D eigenvalue weighted by atomic mass is 16.3. The molecule has 0 radical (unpaired) electrons. The normalized spacial score (nSPS) is 14.2. The van der Waals surface area contributed by atoms with Crippen molar-refractivity contribution < 1.29 is 5.11 Å². The summed E-state index contributed by atoms with van der Waals surface area (Å²) in [6.07, 6.45) is -0.560. The first kappa shape index (κ1) is 12.8. The fraction of sp³-hybridized carbons (Fsp3) is 0.250. The summed E-state index contributed by atoms with van der Waals surface area (Å²) in [4.78, 5) is 0. The van der Waals surface area contributed by atoms with Crippen LogP contribution in [0, 0.1) is 6.92 Å². The van der Waals surface area contributed by atoms with Crippen molar-refractivity contribution >= 4 is 0 Å². The molecule has 0 aliphatic carbocycles. The average molecular weight is 241 g/mol. The minimum absolute atomic E-state index is 0.0585. The van der Waals surface area contributed by atoms with Crippen molar-refractivity contribution in [3.63, 3.8) is 0 Å². The molecule has 2 rings (SSSR count). The Kier molecular flexibility index (Phi) is 4.13. The molecular weight excluding hydrogens is 222 g/mol. The van der Waals surface area contributed by atoms with Gasteiger partial charge in [-0.15, -0.1) is 0 Å². The molecule has 0 saturated carbocycles. The van der Waals surface area contributed by atoms with Crippen LogP contribution in [0.2, 0.25) is 0 Å². The van der Waals surface area contributed by atoms with Crippen LogP contribution in [0.15, 0.2) is 54.6 Å². The smallest absolute Gasteiger partial charge is 0.0771 e. The fourth-order valence-corrected chi connectivity index (χ4v) is 2.21. The second-order valence-corrected chi connectivity index (χ2v) is 4.60. The second-order valence-electron chi connectivity index (χ2n) is 4.60. The highest BCUT2D eigenvalue weighted by Gasteiger charge is 2.21. The lowest BCUT2D eigenvalue weighted by molar-refractivity contribution is 0.164. The van der Waals surface area contributed by atoms with Crippen LogP contribution >= 0.6 is 0 Å². The molecule has 2 atom stereocenters. The summed E-state index contributed by atoms with van der Waals surface area (Å²) in [5.74, 6) is -0.0585. The average Bonchev–Trinajstić information content (AvgIpc) is 2.42. The van der Waals surface area contributed by atoms with Crippen LogP contribution in [-0.4, -0.2) is 17.8 Å². The molecule has 0 heterocycles. The van der Waals surface area contributed by atoms with Gasteiger partial charge in [0.05, 0.1) is 6.10 Å². The number of aryl methyl sites for hydroxylation is 1. The first-order valence-electron chi connectivity index (χ1n) is 6.22. The third kappa shape index (κ3) is 2.78. The molecule has 3 N–H and O–H groups in total. The highest BCUT2D eigenvalue weighted by Crippen LogP contribution is 2.27. The molecule has 0 spiro atoms. The van der Waals surface area contributed by atoms with Gasteiger partial charge in [-0.3, -0.25) is 0 Å². The van der Waals surface area contributed by atoms with Gasteiger partial charge in [-0.05, 0) is 18.1 Å². The van der Waals surface area contributed by atoms with Gasteiger partial charge in [-0.25, -0.2) is 0 Å². The predicted molar refractivity (Wildman–Crippen MR) is 74.5 cm³/mol. The van der Waals surface area contributed by atoms with Gasteiger partial charge < -0.3 is 10.8 Å². The zero-order valence-corrected chi connectivity index (χ0v) is 10.6. The summed E-state index contributed by atoms with van der Waals surface area (Å²) in [5.41, 5.74) is 9.04. The van der Waals surface area contributed by atoms with Crippen molar-refractivity contribution in [2.24, 2.45) is 5.73 Å². The lowest BCUT2D eigenvalue weighted by Gasteiger charge is -2.23. The van der Waals surface area contributed by atoms with E-state index in [0.717, 1.165) is 11.1 Å². The van der Waals surface area contributed by atoms with Crippen LogP contribution in [0.5, 0.6) is 0 Å². The lowest BCUT2D eigenvalue weighted by Crippen LogP contribution is -2.28. The fourth-order valence-electron chi connectivity index (χ4n) is 2.21. The van der Waals surface area contributed by atoms with E-state index in [9.17, 15) is 5.11 Å². The number of rotatable bonds is 4. The minimum atomic E-state index is -0.560. The van der Waals surface area contributed by atoms with Gasteiger partial charge in [0, 0.05) is 12.5 Å². The topological polar surface area (TPSA) is 46.2 Å². The van der Waals surface area contributed by atoms with Crippen LogP contribution in [-0.2, 0) is 0 Å². The molecule has 0 fully saturated rings. The van der Waals surface area contributed by atoms with Crippen molar-refractivity contribution in [2.45, 2.75) is 18.9 Å². The standard InChI is InChI=1S/C16H19NO/c1-12-7-9-14(10-8-12)16(15(18)11-17)13-5-3-2-4-6-13/h2-10,15-16,18H,11,17H2,1H3/t15-,16+/m1/s1. The van der Waals surface area contributed by atoms with E-state index >= 15 is 0 Å². The van der Waals surface area contributed by atoms with E-state index in [2.05, 4.69) is 31.2 Å². The zero-order valence-electron chi connectivity index (χ0n) is 10.6. The first-order valence-corrected chi connectivity index (χ1v) is 6.22. The van der Waals surface area contributed by atoms with Crippen LogP contribution < -0.4 is 5.73 Å². The molecule has 0 saturated heterocycles. The van der Waals surface area contributed by atoms with Crippen LogP contribution in [0.25, 0.3) is 0 Å². The minimum Gasteiger partial charge on any atom is -0.391 e. The number of aliphatic hydroxyl groups is 1. The Morgan fingerprint density at radius 1 is 0.944 bits per heavy atom. The predicted octanol–water partition coefficient (Wildman–Crippen LogP) is 2.45. The SMILES string of the molecule is Cc1ccc([C@H](c2ccccc2)[C@H](O)CN)cc1. The molecule has 2 aromatic rings. The number of hydrogen-bond donors (Lipinski definition) is 2. The number of aliphatic hydroxyl groups excluding tert-OH is 1. The molecule has 94 valence electrons. The molecule has 0 bridgehead atoms.